The number of nitro benzene ring substituents is 1. The summed E-state index contributed by atoms with van der Waals surface area (Å²) in [4.78, 5) is 37.3. The number of nitro groups is 1. The van der Waals surface area contributed by atoms with Gasteiger partial charge in [-0.25, -0.2) is 4.79 Å². The molecule has 0 unspecified atom stereocenters. The number of ether oxygens (including phenoxy) is 1. The van der Waals surface area contributed by atoms with Gasteiger partial charge in [0.2, 0.25) is 0 Å². The Hall–Kier alpha value is -2.44. The minimum atomic E-state index is -0.722. The Morgan fingerprint density at radius 3 is 2.50 bits per heavy atom. The first-order valence-electron chi connectivity index (χ1n) is 9.33. The lowest BCUT2D eigenvalue weighted by atomic mass is 9.96. The number of hydrogen-bond acceptors (Lipinski definition) is 6. The van der Waals surface area contributed by atoms with Gasteiger partial charge in [-0.1, -0.05) is 12.8 Å². The zero-order chi connectivity index (χ0) is 18.5. The van der Waals surface area contributed by atoms with Gasteiger partial charge in [0, 0.05) is 25.6 Å². The quantitative estimate of drug-likeness (QED) is 0.462. The molecule has 1 heterocycles. The van der Waals surface area contributed by atoms with Gasteiger partial charge < -0.3 is 9.64 Å². The molecule has 1 aromatic carbocycles. The van der Waals surface area contributed by atoms with Crippen LogP contribution in [0.25, 0.3) is 0 Å². The van der Waals surface area contributed by atoms with Gasteiger partial charge in [0.05, 0.1) is 10.5 Å². The summed E-state index contributed by atoms with van der Waals surface area (Å²) in [7, 11) is 0. The van der Waals surface area contributed by atoms with Crippen LogP contribution in [0.5, 0.6) is 0 Å². The average Bonchev–Trinajstić information content (AvgIpc) is 2.92. The number of hydrogen-bond donors (Lipinski definition) is 0. The summed E-state index contributed by atoms with van der Waals surface area (Å²) in [5.41, 5.74) is 0.576. The predicted octanol–water partition coefficient (Wildman–Crippen LogP) is 3.64. The maximum atomic E-state index is 12.4. The van der Waals surface area contributed by atoms with Gasteiger partial charge in [-0.2, -0.15) is 0 Å². The number of ketones is 1. The van der Waals surface area contributed by atoms with Crippen LogP contribution >= 0.6 is 0 Å². The van der Waals surface area contributed by atoms with Gasteiger partial charge >= 0.3 is 5.97 Å². The summed E-state index contributed by atoms with van der Waals surface area (Å²) in [6.07, 6.45) is 6.16. The number of benzene rings is 1. The minimum Gasteiger partial charge on any atom is -0.451 e. The van der Waals surface area contributed by atoms with Gasteiger partial charge in [-0.05, 0) is 44.2 Å². The molecule has 2 fully saturated rings. The van der Waals surface area contributed by atoms with E-state index in [9.17, 15) is 19.7 Å². The molecule has 1 saturated carbocycles. The third kappa shape index (κ3) is 4.20. The summed E-state index contributed by atoms with van der Waals surface area (Å²) < 4.78 is 5.31. The zero-order valence-electron chi connectivity index (χ0n) is 14.8. The Bertz CT molecular complexity index is 695. The lowest BCUT2D eigenvalue weighted by Gasteiger charge is -2.23. The molecule has 26 heavy (non-hydrogen) atoms. The van der Waals surface area contributed by atoms with E-state index in [2.05, 4.69) is 0 Å². The van der Waals surface area contributed by atoms with E-state index in [0.717, 1.165) is 51.6 Å². The van der Waals surface area contributed by atoms with Crippen LogP contribution in [0.1, 0.15) is 61.7 Å². The summed E-state index contributed by atoms with van der Waals surface area (Å²) in [5, 5.41) is 11.5. The maximum Gasteiger partial charge on any atom is 0.339 e. The Balaban J connectivity index is 1.80. The number of rotatable bonds is 4. The molecule has 3 rings (SSSR count). The number of carbonyl (C=O) groups excluding carboxylic acids is 2. The van der Waals surface area contributed by atoms with Crippen LogP contribution in [0.3, 0.4) is 0 Å². The molecule has 1 atom stereocenters. The van der Waals surface area contributed by atoms with E-state index in [4.69, 9.17) is 4.74 Å². The standard InChI is InChI=1S/C19H24N2O5/c22-17-7-3-4-8-18(17)26-19(23)14-9-10-15(16(13-14)21(24)25)20-11-5-1-2-6-12-20/h9-10,13,18H,1-8,11-12H2/t18-/m0/s1. The zero-order valence-corrected chi connectivity index (χ0v) is 14.8. The van der Waals surface area contributed by atoms with Crippen molar-refractivity contribution in [2.75, 3.05) is 18.0 Å². The SMILES string of the molecule is O=C(O[C@H]1CCCCC1=O)c1ccc(N2CCCCCC2)c([N+](=O)[O-])c1. The monoisotopic (exact) mass is 360 g/mol. The lowest BCUT2D eigenvalue weighted by Crippen LogP contribution is -2.30. The number of nitrogens with zero attached hydrogens (tertiary/aromatic N) is 2. The van der Waals surface area contributed by atoms with Crippen molar-refractivity contribution in [1.29, 1.82) is 0 Å². The minimum absolute atomic E-state index is 0.0692. The predicted molar refractivity (Wildman–Crippen MR) is 96.5 cm³/mol. The molecule has 140 valence electrons. The van der Waals surface area contributed by atoms with Crippen molar-refractivity contribution >= 4 is 23.1 Å². The normalized spacial score (nSPS) is 21.2. The number of carbonyl (C=O) groups is 2. The smallest absolute Gasteiger partial charge is 0.339 e. The first-order chi connectivity index (χ1) is 12.6. The van der Waals surface area contributed by atoms with Crippen LogP contribution in [0.2, 0.25) is 0 Å². The molecule has 1 aliphatic heterocycles. The molecule has 7 heteroatoms. The van der Waals surface area contributed by atoms with Crippen molar-refractivity contribution in [3.05, 3.63) is 33.9 Å². The maximum absolute atomic E-state index is 12.4. The van der Waals surface area contributed by atoms with Crippen LogP contribution in [0.4, 0.5) is 11.4 Å². The van der Waals surface area contributed by atoms with Crippen LogP contribution < -0.4 is 4.90 Å². The highest BCUT2D eigenvalue weighted by Gasteiger charge is 2.28. The summed E-state index contributed by atoms with van der Waals surface area (Å²) in [6.45, 7) is 1.56. The van der Waals surface area contributed by atoms with Crippen molar-refractivity contribution in [3.63, 3.8) is 0 Å². The Labute approximate surface area is 152 Å². The molecule has 2 aliphatic rings. The van der Waals surface area contributed by atoms with Gasteiger partial charge in [0.25, 0.3) is 5.69 Å². The number of esters is 1. The van der Waals surface area contributed by atoms with Crippen LogP contribution in [0, 0.1) is 10.1 Å². The summed E-state index contributed by atoms with van der Waals surface area (Å²) in [5.74, 6) is -0.740. The Morgan fingerprint density at radius 2 is 1.85 bits per heavy atom. The highest BCUT2D eigenvalue weighted by molar-refractivity contribution is 5.94. The van der Waals surface area contributed by atoms with Crippen molar-refractivity contribution in [3.8, 4) is 0 Å². The van der Waals surface area contributed by atoms with Gasteiger partial charge in [0.1, 0.15) is 5.69 Å². The molecule has 0 N–H and O–H groups in total. The second kappa shape index (κ2) is 8.29. The van der Waals surface area contributed by atoms with E-state index < -0.39 is 17.0 Å². The lowest BCUT2D eigenvalue weighted by molar-refractivity contribution is -0.384. The van der Waals surface area contributed by atoms with E-state index in [1.165, 1.54) is 6.07 Å². The first kappa shape index (κ1) is 18.4. The van der Waals surface area contributed by atoms with Crippen molar-refractivity contribution in [2.45, 2.75) is 57.5 Å². The average molecular weight is 360 g/mol. The van der Waals surface area contributed by atoms with Gasteiger partial charge in [-0.15, -0.1) is 0 Å². The molecule has 7 nitrogen and oxygen atoms in total. The third-order valence-corrected chi connectivity index (χ3v) is 5.10. The molecule has 1 aromatic rings. The second-order valence-electron chi connectivity index (χ2n) is 6.97. The fraction of sp³-hybridized carbons (Fsp3) is 0.579. The van der Waals surface area contributed by atoms with Gasteiger partial charge in [-0.3, -0.25) is 14.9 Å². The van der Waals surface area contributed by atoms with E-state index in [-0.39, 0.29) is 17.0 Å². The number of Topliss-reactive ketones (excluding diaryl/α,β-unsaturated/α-hetero) is 1. The first-order valence-corrected chi connectivity index (χ1v) is 9.33. The van der Waals surface area contributed by atoms with E-state index in [0.29, 0.717) is 18.5 Å². The summed E-state index contributed by atoms with van der Waals surface area (Å²) >= 11 is 0. The fourth-order valence-electron chi connectivity index (χ4n) is 3.65. The van der Waals surface area contributed by atoms with Crippen LogP contribution in [0.15, 0.2) is 18.2 Å². The number of anilines is 1. The van der Waals surface area contributed by atoms with E-state index >= 15 is 0 Å². The van der Waals surface area contributed by atoms with Crippen LogP contribution in [-0.2, 0) is 9.53 Å². The third-order valence-electron chi connectivity index (χ3n) is 5.10. The van der Waals surface area contributed by atoms with E-state index in [1.54, 1.807) is 12.1 Å². The van der Waals surface area contributed by atoms with Gasteiger partial charge in [0.15, 0.2) is 11.9 Å². The van der Waals surface area contributed by atoms with Crippen molar-refractivity contribution < 1.29 is 19.2 Å². The Morgan fingerprint density at radius 1 is 1.12 bits per heavy atom. The fourth-order valence-corrected chi connectivity index (χ4v) is 3.65. The molecule has 0 bridgehead atoms. The van der Waals surface area contributed by atoms with Crippen molar-refractivity contribution in [1.82, 2.24) is 0 Å². The second-order valence-corrected chi connectivity index (χ2v) is 6.97. The summed E-state index contributed by atoms with van der Waals surface area (Å²) in [6, 6.07) is 4.46. The molecule has 1 aliphatic carbocycles. The highest BCUT2D eigenvalue weighted by Crippen LogP contribution is 2.31. The van der Waals surface area contributed by atoms with Crippen LogP contribution in [-0.4, -0.2) is 35.9 Å². The molecule has 0 aromatic heterocycles. The molecular formula is C19H24N2O5. The molecule has 0 radical (unpaired) electrons. The van der Waals surface area contributed by atoms with Crippen molar-refractivity contribution in [2.24, 2.45) is 0 Å². The van der Waals surface area contributed by atoms with E-state index in [1.807, 2.05) is 4.90 Å². The largest absolute Gasteiger partial charge is 0.451 e. The topological polar surface area (TPSA) is 89.8 Å². The molecule has 1 saturated heterocycles. The molecular weight excluding hydrogens is 336 g/mol. The highest BCUT2D eigenvalue weighted by atomic mass is 16.6. The molecule has 0 spiro atoms. The Kier molecular flexibility index (Phi) is 5.85. The molecule has 0 amide bonds.